The van der Waals surface area contributed by atoms with Crippen molar-refractivity contribution in [3.8, 4) is 0 Å². The lowest BCUT2D eigenvalue weighted by molar-refractivity contribution is -0.830. The van der Waals surface area contributed by atoms with E-state index in [2.05, 4.69) is 31.1 Å². The zero-order valence-corrected chi connectivity index (χ0v) is 16.0. The summed E-state index contributed by atoms with van der Waals surface area (Å²) in [4.78, 5) is 13.5. The fraction of sp³-hybridized carbons (Fsp3) is 0.706. The SMILES string of the molecule is Br.CCCCCC[N+]1(C=C(C)C(=O)O)C=CN(CCCC)C1. The molecule has 1 unspecified atom stereocenters. The molecule has 1 aliphatic rings. The molecule has 22 heavy (non-hydrogen) atoms. The van der Waals surface area contributed by atoms with Gasteiger partial charge in [-0.1, -0.05) is 33.1 Å². The van der Waals surface area contributed by atoms with E-state index in [1.54, 1.807) is 6.92 Å². The van der Waals surface area contributed by atoms with Crippen molar-refractivity contribution in [1.29, 1.82) is 0 Å². The van der Waals surface area contributed by atoms with E-state index in [4.69, 9.17) is 5.11 Å². The van der Waals surface area contributed by atoms with Crippen LogP contribution in [0, 0.1) is 0 Å². The van der Waals surface area contributed by atoms with Gasteiger partial charge in [0.2, 0.25) is 0 Å². The third-order valence-electron chi connectivity index (χ3n) is 4.03. The van der Waals surface area contributed by atoms with Crippen LogP contribution in [-0.4, -0.2) is 40.2 Å². The van der Waals surface area contributed by atoms with Crippen LogP contribution in [0.25, 0.3) is 0 Å². The second-order valence-corrected chi connectivity index (χ2v) is 6.11. The molecule has 1 rings (SSSR count). The van der Waals surface area contributed by atoms with Crippen LogP contribution in [0.5, 0.6) is 0 Å². The Morgan fingerprint density at radius 3 is 2.50 bits per heavy atom. The summed E-state index contributed by atoms with van der Waals surface area (Å²) in [5, 5.41) is 9.16. The summed E-state index contributed by atoms with van der Waals surface area (Å²) >= 11 is 0. The average Bonchev–Trinajstić information content (AvgIpc) is 2.85. The molecule has 4 nitrogen and oxygen atoms in total. The first-order valence-corrected chi connectivity index (χ1v) is 8.25. The Morgan fingerprint density at radius 1 is 1.23 bits per heavy atom. The van der Waals surface area contributed by atoms with Gasteiger partial charge in [0.15, 0.2) is 6.67 Å². The first-order valence-electron chi connectivity index (χ1n) is 8.25. The maximum Gasteiger partial charge on any atom is 0.336 e. The van der Waals surface area contributed by atoms with Crippen molar-refractivity contribution in [1.82, 2.24) is 4.90 Å². The Kier molecular flexibility index (Phi) is 10.4. The minimum atomic E-state index is -0.818. The number of carboxylic acids is 1. The van der Waals surface area contributed by atoms with Crippen molar-refractivity contribution in [3.63, 3.8) is 0 Å². The number of quaternary nitrogens is 1. The standard InChI is InChI=1S/C17H30N2O2.BrH/c1-4-6-8-9-12-19(14-16(3)17(20)21)13-11-18(15-19)10-7-5-2;/h11,13-14H,4-10,12,15H2,1-3H3;1H/p+1. The molecule has 0 amide bonds. The molecule has 0 aliphatic carbocycles. The van der Waals surface area contributed by atoms with Gasteiger partial charge in [0.1, 0.15) is 12.4 Å². The maximum atomic E-state index is 11.1. The fourth-order valence-electron chi connectivity index (χ4n) is 2.73. The van der Waals surface area contributed by atoms with Gasteiger partial charge in [-0.05, 0) is 26.2 Å². The highest BCUT2D eigenvalue weighted by molar-refractivity contribution is 8.93. The molecule has 128 valence electrons. The Hall–Kier alpha value is -0.810. The molecule has 0 aromatic heterocycles. The first-order chi connectivity index (χ1) is 10.0. The number of aliphatic carboxylic acids is 1. The summed E-state index contributed by atoms with van der Waals surface area (Å²) in [7, 11) is 0. The van der Waals surface area contributed by atoms with Crippen molar-refractivity contribution in [3.05, 3.63) is 24.2 Å². The average molecular weight is 376 g/mol. The molecule has 0 bridgehead atoms. The lowest BCUT2D eigenvalue weighted by atomic mass is 10.2. The Labute approximate surface area is 145 Å². The van der Waals surface area contributed by atoms with E-state index in [1.165, 1.54) is 32.1 Å². The Bertz CT molecular complexity index is 396. The van der Waals surface area contributed by atoms with E-state index >= 15 is 0 Å². The van der Waals surface area contributed by atoms with Crippen molar-refractivity contribution in [2.24, 2.45) is 0 Å². The van der Waals surface area contributed by atoms with Crippen molar-refractivity contribution >= 4 is 23.0 Å². The molecule has 0 fully saturated rings. The van der Waals surface area contributed by atoms with E-state index in [9.17, 15) is 4.79 Å². The van der Waals surface area contributed by atoms with Crippen molar-refractivity contribution < 1.29 is 14.4 Å². The molecule has 1 aliphatic heterocycles. The number of nitrogens with zero attached hydrogens (tertiary/aromatic N) is 2. The topological polar surface area (TPSA) is 40.5 Å². The summed E-state index contributed by atoms with van der Waals surface area (Å²) in [5.74, 6) is -0.818. The molecule has 0 saturated heterocycles. The van der Waals surface area contributed by atoms with Crippen LogP contribution in [0.4, 0.5) is 0 Å². The van der Waals surface area contributed by atoms with Gasteiger partial charge in [-0.25, -0.2) is 4.79 Å². The monoisotopic (exact) mass is 375 g/mol. The number of carbonyl (C=O) groups is 1. The lowest BCUT2D eigenvalue weighted by Crippen LogP contribution is -2.41. The van der Waals surface area contributed by atoms with E-state index < -0.39 is 5.97 Å². The first kappa shape index (κ1) is 21.2. The molecular weight excluding hydrogens is 344 g/mol. The van der Waals surface area contributed by atoms with E-state index in [-0.39, 0.29) is 17.0 Å². The van der Waals surface area contributed by atoms with Gasteiger partial charge in [-0.3, -0.25) is 4.48 Å². The van der Waals surface area contributed by atoms with E-state index in [1.807, 2.05) is 6.20 Å². The van der Waals surface area contributed by atoms with Gasteiger partial charge in [0.25, 0.3) is 0 Å². The third kappa shape index (κ3) is 6.97. The number of hydrogen-bond acceptors (Lipinski definition) is 2. The highest BCUT2D eigenvalue weighted by atomic mass is 79.9. The van der Waals surface area contributed by atoms with Crippen LogP contribution in [0.3, 0.4) is 0 Å². The molecule has 1 heterocycles. The van der Waals surface area contributed by atoms with Gasteiger partial charge in [0, 0.05) is 6.54 Å². The Balaban J connectivity index is 0.00000441. The van der Waals surface area contributed by atoms with Crippen LogP contribution in [-0.2, 0) is 4.79 Å². The molecule has 5 heteroatoms. The van der Waals surface area contributed by atoms with Crippen LogP contribution in [0.15, 0.2) is 24.2 Å². The van der Waals surface area contributed by atoms with Crippen LogP contribution >= 0.6 is 17.0 Å². The summed E-state index contributed by atoms with van der Waals surface area (Å²) in [6.07, 6.45) is 13.4. The second-order valence-electron chi connectivity index (χ2n) is 6.11. The van der Waals surface area contributed by atoms with E-state index in [0.29, 0.717) is 10.1 Å². The van der Waals surface area contributed by atoms with Gasteiger partial charge in [0.05, 0.1) is 18.3 Å². The minimum Gasteiger partial charge on any atom is -0.478 e. The largest absolute Gasteiger partial charge is 0.478 e. The van der Waals surface area contributed by atoms with Crippen LogP contribution < -0.4 is 0 Å². The summed E-state index contributed by atoms with van der Waals surface area (Å²) in [6.45, 7) is 9.02. The maximum absolute atomic E-state index is 11.1. The molecule has 0 radical (unpaired) electrons. The van der Waals surface area contributed by atoms with Crippen LogP contribution in [0.1, 0.15) is 59.3 Å². The molecule has 1 atom stereocenters. The zero-order valence-electron chi connectivity index (χ0n) is 14.3. The molecule has 0 spiro atoms. The molecule has 0 saturated carbocycles. The second kappa shape index (κ2) is 10.8. The lowest BCUT2D eigenvalue weighted by Gasteiger charge is -2.30. The third-order valence-corrected chi connectivity index (χ3v) is 4.03. The number of rotatable bonds is 10. The summed E-state index contributed by atoms with van der Waals surface area (Å²) in [6, 6.07) is 0. The summed E-state index contributed by atoms with van der Waals surface area (Å²) in [5.41, 5.74) is 0.437. The van der Waals surface area contributed by atoms with Gasteiger partial charge in [-0.2, -0.15) is 0 Å². The van der Waals surface area contributed by atoms with Crippen molar-refractivity contribution in [2.75, 3.05) is 19.8 Å². The number of hydrogen-bond donors (Lipinski definition) is 1. The predicted molar refractivity (Wildman–Crippen MR) is 96.6 cm³/mol. The summed E-state index contributed by atoms with van der Waals surface area (Å²) < 4.78 is 0.658. The predicted octanol–water partition coefficient (Wildman–Crippen LogP) is 4.49. The fourth-order valence-corrected chi connectivity index (χ4v) is 2.73. The molecular formula is C17H32BrN2O2+. The zero-order chi connectivity index (χ0) is 15.7. The molecule has 1 N–H and O–H groups in total. The number of carboxylic acid groups (broad SMARTS) is 1. The molecule has 0 aromatic rings. The highest BCUT2D eigenvalue weighted by Gasteiger charge is 2.30. The smallest absolute Gasteiger partial charge is 0.336 e. The quantitative estimate of drug-likeness (QED) is 0.347. The normalized spacial score (nSPS) is 21.0. The molecule has 0 aromatic carbocycles. The Morgan fingerprint density at radius 2 is 1.91 bits per heavy atom. The van der Waals surface area contributed by atoms with Crippen LogP contribution in [0.2, 0.25) is 0 Å². The highest BCUT2D eigenvalue weighted by Crippen LogP contribution is 2.23. The van der Waals surface area contributed by atoms with Gasteiger partial charge < -0.3 is 10.0 Å². The van der Waals surface area contributed by atoms with Crippen molar-refractivity contribution in [2.45, 2.75) is 59.3 Å². The number of unbranched alkanes of at least 4 members (excludes halogenated alkanes) is 4. The number of halogens is 1. The van der Waals surface area contributed by atoms with Gasteiger partial charge >= 0.3 is 5.97 Å². The van der Waals surface area contributed by atoms with Gasteiger partial charge in [-0.15, -0.1) is 17.0 Å². The van der Waals surface area contributed by atoms with E-state index in [0.717, 1.165) is 26.2 Å². The minimum absolute atomic E-state index is 0.